The molecule has 5 rings (SSSR count). The normalized spacial score (nSPS) is 15.6. The fourth-order valence-electron chi connectivity index (χ4n) is 4.61. The maximum absolute atomic E-state index is 13.5. The molecule has 2 heterocycles. The largest absolute Gasteiger partial charge is 0.493 e. The molecule has 0 amide bonds. The molecule has 0 fully saturated rings. The minimum atomic E-state index is -4.57. The Hall–Kier alpha value is -3.79. The van der Waals surface area contributed by atoms with Crippen LogP contribution in [-0.2, 0) is 21.8 Å². The van der Waals surface area contributed by atoms with Crippen molar-refractivity contribution in [2.75, 3.05) is 6.61 Å². The van der Waals surface area contributed by atoms with E-state index in [2.05, 4.69) is 4.98 Å². The van der Waals surface area contributed by atoms with Crippen molar-refractivity contribution in [1.82, 2.24) is 4.98 Å². The zero-order valence-corrected chi connectivity index (χ0v) is 20.5. The molecule has 1 aromatic heterocycles. The standard InChI is InChI=1S/C28H20F5NO3S/c29-19-7-4-17(5-8-19)25-14-18(28(31,32)33)6-10-22(25)23-12-13-37-26-15-21(9-11-24(23)26)38(35,36)16-20-2-1-3-27(30)34-20/h1-11,14-15,23H,12-13,16H2/t23-/m0/s1. The maximum Gasteiger partial charge on any atom is 0.416 e. The highest BCUT2D eigenvalue weighted by molar-refractivity contribution is 7.90. The van der Waals surface area contributed by atoms with E-state index >= 15 is 0 Å². The summed E-state index contributed by atoms with van der Waals surface area (Å²) in [5.41, 5.74) is 1.13. The van der Waals surface area contributed by atoms with Gasteiger partial charge in [-0.1, -0.05) is 30.3 Å². The van der Waals surface area contributed by atoms with Crippen LogP contribution in [0.3, 0.4) is 0 Å². The molecule has 4 aromatic rings. The quantitative estimate of drug-likeness (QED) is 0.202. The number of fused-ring (bicyclic) bond motifs is 1. The number of ether oxygens (including phenoxy) is 1. The summed E-state index contributed by atoms with van der Waals surface area (Å²) in [6.07, 6.45) is -4.13. The van der Waals surface area contributed by atoms with Gasteiger partial charge < -0.3 is 4.74 Å². The van der Waals surface area contributed by atoms with Crippen molar-refractivity contribution in [2.24, 2.45) is 0 Å². The van der Waals surface area contributed by atoms with Crippen molar-refractivity contribution >= 4 is 9.84 Å². The number of alkyl halides is 3. The van der Waals surface area contributed by atoms with Gasteiger partial charge in [0.1, 0.15) is 11.6 Å². The zero-order valence-electron chi connectivity index (χ0n) is 19.7. The molecule has 0 bridgehead atoms. The molecule has 38 heavy (non-hydrogen) atoms. The lowest BCUT2D eigenvalue weighted by molar-refractivity contribution is -0.137. The summed E-state index contributed by atoms with van der Waals surface area (Å²) in [6, 6.07) is 16.9. The molecule has 3 aromatic carbocycles. The van der Waals surface area contributed by atoms with Gasteiger partial charge in [0.15, 0.2) is 9.84 Å². The van der Waals surface area contributed by atoms with Crippen LogP contribution in [-0.4, -0.2) is 20.0 Å². The predicted octanol–water partition coefficient (Wildman–Crippen LogP) is 6.93. The third-order valence-corrected chi connectivity index (χ3v) is 8.05. The molecular weight excluding hydrogens is 525 g/mol. The zero-order chi connectivity index (χ0) is 27.1. The van der Waals surface area contributed by atoms with E-state index in [1.807, 2.05) is 0 Å². The lowest BCUT2D eigenvalue weighted by atomic mass is 9.82. The molecule has 4 nitrogen and oxygen atoms in total. The Morgan fingerprint density at radius 3 is 2.34 bits per heavy atom. The highest BCUT2D eigenvalue weighted by Crippen LogP contribution is 2.44. The van der Waals surface area contributed by atoms with Gasteiger partial charge in [-0.25, -0.2) is 17.8 Å². The lowest BCUT2D eigenvalue weighted by Crippen LogP contribution is -2.17. The summed E-state index contributed by atoms with van der Waals surface area (Å²) in [5.74, 6) is -1.92. The third-order valence-electron chi connectivity index (χ3n) is 6.41. The molecular formula is C28H20F5NO3S. The average Bonchev–Trinajstić information content (AvgIpc) is 2.87. The van der Waals surface area contributed by atoms with Gasteiger partial charge in [-0.05, 0) is 71.6 Å². The Labute approximate surface area is 215 Å². The first-order valence-corrected chi connectivity index (χ1v) is 13.2. The summed E-state index contributed by atoms with van der Waals surface area (Å²) in [5, 5.41) is 0. The van der Waals surface area contributed by atoms with Gasteiger partial charge in [-0.2, -0.15) is 17.6 Å². The smallest absolute Gasteiger partial charge is 0.416 e. The molecule has 1 atom stereocenters. The Kier molecular flexibility index (Phi) is 6.68. The summed E-state index contributed by atoms with van der Waals surface area (Å²) < 4.78 is 99.3. The molecule has 0 N–H and O–H groups in total. The van der Waals surface area contributed by atoms with Crippen LogP contribution in [0.15, 0.2) is 83.8 Å². The topological polar surface area (TPSA) is 56.3 Å². The second kappa shape index (κ2) is 9.83. The van der Waals surface area contributed by atoms with E-state index in [1.54, 1.807) is 6.07 Å². The van der Waals surface area contributed by atoms with E-state index in [-0.39, 0.29) is 17.2 Å². The molecule has 0 aliphatic carbocycles. The first kappa shape index (κ1) is 25.8. The molecule has 0 spiro atoms. The van der Waals surface area contributed by atoms with E-state index in [4.69, 9.17) is 4.74 Å². The molecule has 0 saturated heterocycles. The summed E-state index contributed by atoms with van der Waals surface area (Å²) in [4.78, 5) is 3.56. The highest BCUT2D eigenvalue weighted by atomic mass is 32.2. The average molecular weight is 546 g/mol. The van der Waals surface area contributed by atoms with Gasteiger partial charge in [0.25, 0.3) is 0 Å². The van der Waals surface area contributed by atoms with Crippen molar-refractivity contribution < 1.29 is 35.1 Å². The number of sulfone groups is 1. The van der Waals surface area contributed by atoms with E-state index in [0.717, 1.165) is 18.2 Å². The van der Waals surface area contributed by atoms with Crippen molar-refractivity contribution in [2.45, 2.75) is 29.2 Å². The highest BCUT2D eigenvalue weighted by Gasteiger charge is 2.33. The minimum absolute atomic E-state index is 0.0471. The van der Waals surface area contributed by atoms with Crippen LogP contribution in [0.5, 0.6) is 5.75 Å². The second-order valence-electron chi connectivity index (χ2n) is 8.91. The molecule has 0 saturated carbocycles. The van der Waals surface area contributed by atoms with Gasteiger partial charge in [-0.15, -0.1) is 0 Å². The Bertz CT molecular complexity index is 1600. The number of benzene rings is 3. The lowest BCUT2D eigenvalue weighted by Gasteiger charge is -2.29. The molecule has 0 radical (unpaired) electrons. The fraction of sp³-hybridized carbons (Fsp3) is 0.179. The van der Waals surface area contributed by atoms with Gasteiger partial charge in [0.05, 0.1) is 28.5 Å². The fourth-order valence-corrected chi connectivity index (χ4v) is 5.89. The van der Waals surface area contributed by atoms with Crippen LogP contribution in [0.25, 0.3) is 11.1 Å². The molecule has 196 valence electrons. The number of hydrogen-bond acceptors (Lipinski definition) is 4. The van der Waals surface area contributed by atoms with Gasteiger partial charge in [0.2, 0.25) is 5.95 Å². The van der Waals surface area contributed by atoms with Crippen LogP contribution in [0, 0.1) is 11.8 Å². The van der Waals surface area contributed by atoms with Crippen molar-refractivity contribution in [3.8, 4) is 16.9 Å². The molecule has 1 aliphatic rings. The number of aromatic nitrogens is 1. The Morgan fingerprint density at radius 2 is 1.63 bits per heavy atom. The summed E-state index contributed by atoms with van der Waals surface area (Å²) >= 11 is 0. The van der Waals surface area contributed by atoms with E-state index < -0.39 is 45.0 Å². The monoisotopic (exact) mass is 545 g/mol. The second-order valence-corrected chi connectivity index (χ2v) is 10.9. The van der Waals surface area contributed by atoms with Crippen LogP contribution in [0.4, 0.5) is 22.0 Å². The Morgan fingerprint density at radius 1 is 0.895 bits per heavy atom. The number of nitrogens with zero attached hydrogens (tertiary/aromatic N) is 1. The number of hydrogen-bond donors (Lipinski definition) is 0. The first-order chi connectivity index (χ1) is 18.0. The van der Waals surface area contributed by atoms with Gasteiger partial charge >= 0.3 is 6.18 Å². The first-order valence-electron chi connectivity index (χ1n) is 11.6. The van der Waals surface area contributed by atoms with Crippen LogP contribution in [0.2, 0.25) is 0 Å². The van der Waals surface area contributed by atoms with E-state index in [9.17, 15) is 30.4 Å². The molecule has 0 unspecified atom stereocenters. The third kappa shape index (κ3) is 5.26. The number of pyridine rings is 1. The number of rotatable bonds is 5. The van der Waals surface area contributed by atoms with Gasteiger partial charge in [-0.3, -0.25) is 0 Å². The molecule has 1 aliphatic heterocycles. The predicted molar refractivity (Wildman–Crippen MR) is 130 cm³/mol. The number of halogens is 5. The van der Waals surface area contributed by atoms with Gasteiger partial charge in [0, 0.05) is 11.5 Å². The van der Waals surface area contributed by atoms with Crippen molar-refractivity contribution in [1.29, 1.82) is 0 Å². The van der Waals surface area contributed by atoms with Crippen LogP contribution >= 0.6 is 0 Å². The summed E-state index contributed by atoms with van der Waals surface area (Å²) in [7, 11) is -3.89. The van der Waals surface area contributed by atoms with E-state index in [1.165, 1.54) is 54.6 Å². The minimum Gasteiger partial charge on any atom is -0.493 e. The van der Waals surface area contributed by atoms with Crippen molar-refractivity contribution in [3.05, 3.63) is 113 Å². The Balaban J connectivity index is 1.55. The van der Waals surface area contributed by atoms with Crippen LogP contribution < -0.4 is 4.74 Å². The van der Waals surface area contributed by atoms with Crippen molar-refractivity contribution in [3.63, 3.8) is 0 Å². The van der Waals surface area contributed by atoms with E-state index in [0.29, 0.717) is 34.4 Å². The molecule has 10 heteroatoms. The SMILES string of the molecule is O=S(=O)(Cc1cccc(F)n1)c1ccc2c(c1)OCC[C@H]2c1ccc(C(F)(F)F)cc1-c1ccc(F)cc1. The maximum atomic E-state index is 13.5. The van der Waals surface area contributed by atoms with Crippen LogP contribution in [0.1, 0.15) is 34.7 Å². The summed E-state index contributed by atoms with van der Waals surface area (Å²) in [6.45, 7) is 0.205.